The number of rotatable bonds is 0. The highest BCUT2D eigenvalue weighted by Gasteiger charge is 2.45. The molecule has 0 aromatic heterocycles. The predicted molar refractivity (Wildman–Crippen MR) is 93.9 cm³/mol. The van der Waals surface area contributed by atoms with Crippen LogP contribution in [0.5, 0.6) is 0 Å². The van der Waals surface area contributed by atoms with Gasteiger partial charge >= 0.3 is 0 Å². The maximum Gasteiger partial charge on any atom is 0.0248 e. The van der Waals surface area contributed by atoms with E-state index >= 15 is 0 Å². The van der Waals surface area contributed by atoms with Gasteiger partial charge in [-0.2, -0.15) is 0 Å². The fraction of sp³-hybridized carbons (Fsp3) is 0.273. The summed E-state index contributed by atoms with van der Waals surface area (Å²) in [5.41, 5.74) is 5.37. The molecule has 3 rings (SSSR count). The predicted octanol–water partition coefficient (Wildman–Crippen LogP) is 5.23. The Morgan fingerprint density at radius 3 is 1.77 bits per heavy atom. The molecular weight excluding hydrogens is 264 g/mol. The molecular formula is C22H22. The van der Waals surface area contributed by atoms with Crippen LogP contribution in [0.3, 0.4) is 0 Å². The van der Waals surface area contributed by atoms with Gasteiger partial charge in [-0.25, -0.2) is 0 Å². The third-order valence-electron chi connectivity index (χ3n) is 4.83. The Hall–Kier alpha value is -2.26. The van der Waals surface area contributed by atoms with Crippen molar-refractivity contribution in [2.24, 2.45) is 0 Å². The van der Waals surface area contributed by atoms with Crippen LogP contribution in [0.2, 0.25) is 0 Å². The molecule has 2 aromatic carbocycles. The SMILES string of the molecule is CC1(C)C(=CC#Cc2ccccc2)C(C)(C)c2ccccc21. The van der Waals surface area contributed by atoms with Crippen LogP contribution in [-0.2, 0) is 10.8 Å². The number of hydrogen-bond donors (Lipinski definition) is 0. The Bertz CT molecular complexity index is 741. The normalized spacial score (nSPS) is 17.4. The lowest BCUT2D eigenvalue weighted by atomic mass is 9.75. The Balaban J connectivity index is 2.05. The summed E-state index contributed by atoms with van der Waals surface area (Å²) < 4.78 is 0. The summed E-state index contributed by atoms with van der Waals surface area (Å²) >= 11 is 0. The maximum absolute atomic E-state index is 3.28. The first-order valence-electron chi connectivity index (χ1n) is 7.82. The standard InChI is InChI=1S/C22H22/c1-21(2)18-14-8-9-15-19(18)22(3,4)20(21)16-10-13-17-11-6-5-7-12-17/h5-9,11-12,14-16H,1-4H3. The molecule has 110 valence electrons. The monoisotopic (exact) mass is 286 g/mol. The van der Waals surface area contributed by atoms with E-state index in [1.54, 1.807) is 0 Å². The zero-order chi connectivity index (χ0) is 15.8. The summed E-state index contributed by atoms with van der Waals surface area (Å²) in [5.74, 6) is 6.53. The zero-order valence-electron chi connectivity index (χ0n) is 13.8. The molecule has 0 aliphatic heterocycles. The summed E-state index contributed by atoms with van der Waals surface area (Å²) in [4.78, 5) is 0. The van der Waals surface area contributed by atoms with Gasteiger partial charge in [0.05, 0.1) is 0 Å². The van der Waals surface area contributed by atoms with E-state index in [-0.39, 0.29) is 10.8 Å². The minimum atomic E-state index is 0.0332. The Labute approximate surface area is 133 Å². The third-order valence-corrected chi connectivity index (χ3v) is 4.83. The first kappa shape index (κ1) is 14.7. The quantitative estimate of drug-likeness (QED) is 0.581. The summed E-state index contributed by atoms with van der Waals surface area (Å²) in [6.07, 6.45) is 2.13. The van der Waals surface area contributed by atoms with Crippen molar-refractivity contribution in [1.29, 1.82) is 0 Å². The second kappa shape index (κ2) is 5.18. The smallest absolute Gasteiger partial charge is 0.0248 e. The van der Waals surface area contributed by atoms with Crippen molar-refractivity contribution in [3.63, 3.8) is 0 Å². The van der Waals surface area contributed by atoms with Gasteiger partial charge in [-0.3, -0.25) is 0 Å². The molecule has 2 aromatic rings. The number of benzene rings is 2. The van der Waals surface area contributed by atoms with Crippen LogP contribution in [0.4, 0.5) is 0 Å². The van der Waals surface area contributed by atoms with Crippen LogP contribution in [0, 0.1) is 11.8 Å². The van der Waals surface area contributed by atoms with Crippen LogP contribution in [0.15, 0.2) is 66.2 Å². The van der Waals surface area contributed by atoms with Crippen LogP contribution < -0.4 is 0 Å². The lowest BCUT2D eigenvalue weighted by Gasteiger charge is -2.28. The lowest BCUT2D eigenvalue weighted by molar-refractivity contribution is 0.550. The maximum atomic E-state index is 3.28. The number of fused-ring (bicyclic) bond motifs is 1. The van der Waals surface area contributed by atoms with E-state index in [1.807, 2.05) is 30.3 Å². The number of hydrogen-bond acceptors (Lipinski definition) is 0. The Morgan fingerprint density at radius 2 is 1.23 bits per heavy atom. The van der Waals surface area contributed by atoms with Crippen molar-refractivity contribution < 1.29 is 0 Å². The van der Waals surface area contributed by atoms with E-state index in [0.29, 0.717) is 0 Å². The highest BCUT2D eigenvalue weighted by molar-refractivity contribution is 5.58. The molecule has 0 heteroatoms. The molecule has 22 heavy (non-hydrogen) atoms. The molecule has 0 heterocycles. The van der Waals surface area contributed by atoms with Crippen molar-refractivity contribution in [2.75, 3.05) is 0 Å². The summed E-state index contributed by atoms with van der Waals surface area (Å²) in [6.45, 7) is 9.21. The van der Waals surface area contributed by atoms with Gasteiger partial charge in [0.1, 0.15) is 0 Å². The molecule has 0 radical (unpaired) electrons. The van der Waals surface area contributed by atoms with Gasteiger partial charge in [0.15, 0.2) is 0 Å². The summed E-state index contributed by atoms with van der Waals surface area (Å²) in [7, 11) is 0. The Morgan fingerprint density at radius 1 is 0.727 bits per heavy atom. The first-order valence-corrected chi connectivity index (χ1v) is 7.82. The van der Waals surface area contributed by atoms with E-state index in [1.165, 1.54) is 16.7 Å². The van der Waals surface area contributed by atoms with Crippen molar-refractivity contribution in [1.82, 2.24) is 0 Å². The molecule has 0 atom stereocenters. The fourth-order valence-corrected chi connectivity index (χ4v) is 3.72. The van der Waals surface area contributed by atoms with Gasteiger partial charge in [-0.15, -0.1) is 0 Å². The van der Waals surface area contributed by atoms with Gasteiger partial charge in [-0.1, -0.05) is 82.0 Å². The molecule has 0 saturated heterocycles. The molecule has 0 nitrogen and oxygen atoms in total. The van der Waals surface area contributed by atoms with Crippen LogP contribution in [-0.4, -0.2) is 0 Å². The lowest BCUT2D eigenvalue weighted by Crippen LogP contribution is -2.23. The van der Waals surface area contributed by atoms with Crippen molar-refractivity contribution in [3.05, 3.63) is 82.9 Å². The summed E-state index contributed by atoms with van der Waals surface area (Å²) in [6, 6.07) is 18.9. The molecule has 1 aliphatic carbocycles. The molecule has 0 unspecified atom stereocenters. The minimum absolute atomic E-state index is 0.0332. The van der Waals surface area contributed by atoms with Crippen molar-refractivity contribution in [2.45, 2.75) is 38.5 Å². The molecule has 0 N–H and O–H groups in total. The highest BCUT2D eigenvalue weighted by atomic mass is 14.5. The average Bonchev–Trinajstić information content (AvgIpc) is 2.66. The third kappa shape index (κ3) is 2.28. The Kier molecular flexibility index (Phi) is 3.45. The van der Waals surface area contributed by atoms with Gasteiger partial charge < -0.3 is 0 Å². The van der Waals surface area contributed by atoms with E-state index in [2.05, 4.69) is 69.9 Å². The molecule has 0 spiro atoms. The zero-order valence-corrected chi connectivity index (χ0v) is 13.8. The van der Waals surface area contributed by atoms with Gasteiger partial charge in [0.2, 0.25) is 0 Å². The molecule has 0 bridgehead atoms. The minimum Gasteiger partial charge on any atom is -0.0696 e. The fourth-order valence-electron chi connectivity index (χ4n) is 3.72. The second-order valence-corrected chi connectivity index (χ2v) is 6.99. The number of allylic oxidation sites excluding steroid dienone is 2. The molecule has 0 amide bonds. The van der Waals surface area contributed by atoms with E-state index in [4.69, 9.17) is 0 Å². The molecule has 0 fully saturated rings. The van der Waals surface area contributed by atoms with Gasteiger partial charge in [0.25, 0.3) is 0 Å². The van der Waals surface area contributed by atoms with Gasteiger partial charge in [-0.05, 0) is 34.9 Å². The van der Waals surface area contributed by atoms with Crippen LogP contribution in [0.1, 0.15) is 44.4 Å². The van der Waals surface area contributed by atoms with Gasteiger partial charge in [0, 0.05) is 16.4 Å². The molecule has 0 saturated carbocycles. The van der Waals surface area contributed by atoms with E-state index in [0.717, 1.165) is 5.56 Å². The van der Waals surface area contributed by atoms with Crippen LogP contribution in [0.25, 0.3) is 0 Å². The van der Waals surface area contributed by atoms with Crippen molar-refractivity contribution >= 4 is 0 Å². The largest absolute Gasteiger partial charge is 0.0696 e. The highest BCUT2D eigenvalue weighted by Crippen LogP contribution is 2.53. The van der Waals surface area contributed by atoms with E-state index < -0.39 is 0 Å². The van der Waals surface area contributed by atoms with Crippen molar-refractivity contribution in [3.8, 4) is 11.8 Å². The topological polar surface area (TPSA) is 0 Å². The van der Waals surface area contributed by atoms with E-state index in [9.17, 15) is 0 Å². The first-order chi connectivity index (χ1) is 10.4. The molecule has 1 aliphatic rings. The average molecular weight is 286 g/mol. The summed E-state index contributed by atoms with van der Waals surface area (Å²) in [5, 5.41) is 0. The van der Waals surface area contributed by atoms with Crippen LogP contribution >= 0.6 is 0 Å². The second-order valence-electron chi connectivity index (χ2n) is 6.99.